The van der Waals surface area contributed by atoms with Crippen molar-refractivity contribution in [3.05, 3.63) is 24.8 Å². The van der Waals surface area contributed by atoms with Crippen molar-refractivity contribution < 1.29 is 0 Å². The Morgan fingerprint density at radius 1 is 1.00 bits per heavy atom. The van der Waals surface area contributed by atoms with Crippen LogP contribution in [0.1, 0.15) is 0 Å². The van der Waals surface area contributed by atoms with Crippen LogP contribution in [0.25, 0.3) is 0 Å². The van der Waals surface area contributed by atoms with Gasteiger partial charge < -0.3 is 0 Å². The molecule has 0 saturated carbocycles. The number of alkyl halides is 3. The van der Waals surface area contributed by atoms with Gasteiger partial charge in [0.15, 0.2) is 0 Å². The Morgan fingerprint density at radius 2 is 1.40 bits per heavy atom. The normalized spacial score (nSPS) is 8.40. The highest BCUT2D eigenvalue weighted by Crippen LogP contribution is 2.13. The van der Waals surface area contributed by atoms with E-state index in [4.69, 9.17) is 0 Å². The van der Waals surface area contributed by atoms with Gasteiger partial charge in [-0.3, -0.25) is 0 Å². The van der Waals surface area contributed by atoms with Crippen LogP contribution in [0, 0.1) is 0 Å². The fourth-order valence-corrected chi connectivity index (χ4v) is 0.253. The summed E-state index contributed by atoms with van der Waals surface area (Å²) in [5, 5.41) is 0. The zero-order chi connectivity index (χ0) is 7.82. The van der Waals surface area contributed by atoms with Crippen LogP contribution in [0.15, 0.2) is 24.8 Å². The molecule has 1 aromatic rings. The summed E-state index contributed by atoms with van der Waals surface area (Å²) in [6, 6.07) is 1.78. The molecule has 0 aromatic carbocycles. The molecule has 0 unspecified atom stereocenters. The van der Waals surface area contributed by atoms with E-state index in [0.717, 1.165) is 0 Å². The zero-order valence-electron chi connectivity index (χ0n) is 4.92. The molecule has 0 saturated heterocycles. The van der Waals surface area contributed by atoms with Crippen LogP contribution in [0.3, 0.4) is 0 Å². The molecule has 1 rings (SSSR count). The van der Waals surface area contributed by atoms with Gasteiger partial charge in [0.2, 0.25) is 0 Å². The Kier molecular flexibility index (Phi) is 8.02. The topological polar surface area (TPSA) is 25.8 Å². The van der Waals surface area contributed by atoms with E-state index in [0.29, 0.717) is 0 Å². The Balaban J connectivity index is 0.000000180. The lowest BCUT2D eigenvalue weighted by Gasteiger charge is -1.70. The number of hydrogen-bond acceptors (Lipinski definition) is 2. The fourth-order valence-electron chi connectivity index (χ4n) is 0.253. The maximum atomic E-state index is 3.67. The molecule has 0 amide bonds. The Hall–Kier alpha value is 0.520. The molecule has 0 radical (unpaired) electrons. The van der Waals surface area contributed by atoms with E-state index in [2.05, 4.69) is 57.8 Å². The smallest absolute Gasteiger partial charge is 0.124 e. The number of aromatic nitrogens is 2. The number of halogens is 3. The lowest BCUT2D eigenvalue weighted by Crippen LogP contribution is -1.66. The van der Waals surface area contributed by atoms with E-state index in [9.17, 15) is 0 Å². The van der Waals surface area contributed by atoms with Crippen molar-refractivity contribution in [2.75, 3.05) is 0 Å². The molecule has 0 bridgehead atoms. The molecule has 2 nitrogen and oxygen atoms in total. The second-order valence-corrected chi connectivity index (χ2v) is 7.58. The van der Waals surface area contributed by atoms with Gasteiger partial charge >= 0.3 is 0 Å². The molecule has 0 atom stereocenters. The van der Waals surface area contributed by atoms with Crippen molar-refractivity contribution in [3.8, 4) is 0 Å². The maximum Gasteiger partial charge on any atom is 0.124 e. The van der Waals surface area contributed by atoms with E-state index in [1.54, 1.807) is 18.5 Å². The first-order valence-corrected chi connectivity index (χ1v) is 5.10. The van der Waals surface area contributed by atoms with Gasteiger partial charge in [-0.25, -0.2) is 9.97 Å². The van der Waals surface area contributed by atoms with Crippen LogP contribution >= 0.6 is 47.8 Å². The molecular formula is C5H5Br3N2. The monoisotopic (exact) mass is 330 g/mol. The Labute approximate surface area is 84.8 Å². The summed E-state index contributed by atoms with van der Waals surface area (Å²) in [6.45, 7) is 0. The van der Waals surface area contributed by atoms with Gasteiger partial charge in [-0.2, -0.15) is 0 Å². The first-order chi connectivity index (χ1) is 4.73. The van der Waals surface area contributed by atoms with E-state index in [1.807, 2.05) is 0 Å². The average Bonchev–Trinajstić information content (AvgIpc) is 1.90. The second-order valence-electron chi connectivity index (χ2n) is 1.15. The summed E-state index contributed by atoms with van der Waals surface area (Å²) in [7, 11) is 0. The second kappa shape index (κ2) is 7.63. The molecule has 56 valence electrons. The summed E-state index contributed by atoms with van der Waals surface area (Å²) in [5.74, 6) is 0. The van der Waals surface area contributed by atoms with Crippen molar-refractivity contribution in [2.24, 2.45) is 0 Å². The predicted molar refractivity (Wildman–Crippen MR) is 52.6 cm³/mol. The number of hydrogen-bond donors (Lipinski definition) is 0. The van der Waals surface area contributed by atoms with Gasteiger partial charge in [-0.05, 0) is 6.07 Å². The van der Waals surface area contributed by atoms with Gasteiger partial charge in [0, 0.05) is 12.4 Å². The quantitative estimate of drug-likeness (QED) is 0.683. The highest BCUT2D eigenvalue weighted by Gasteiger charge is 1.77. The molecule has 5 heteroatoms. The Bertz CT molecular complexity index is 115. The molecule has 1 aromatic heterocycles. The van der Waals surface area contributed by atoms with Gasteiger partial charge in [0.05, 0.1) is 0 Å². The lowest BCUT2D eigenvalue weighted by molar-refractivity contribution is 1.17. The van der Waals surface area contributed by atoms with Gasteiger partial charge in [-0.1, -0.05) is 47.8 Å². The summed E-state index contributed by atoms with van der Waals surface area (Å²) in [6.07, 6.45) is 4.88. The average molecular weight is 333 g/mol. The molecule has 0 fully saturated rings. The standard InChI is InChI=1S/C4H4N2.CHBr3/c1-2-5-4-6-3-1;2-1(3)4/h1-4H;1H. The van der Waals surface area contributed by atoms with Gasteiger partial charge in [-0.15, -0.1) is 0 Å². The van der Waals surface area contributed by atoms with Crippen molar-refractivity contribution in [2.45, 2.75) is 2.65 Å². The minimum Gasteiger partial charge on any atom is -0.245 e. The summed E-state index contributed by atoms with van der Waals surface area (Å²) < 4.78 is 0.271. The third kappa shape index (κ3) is 11.3. The molecule has 10 heavy (non-hydrogen) atoms. The molecule has 0 spiro atoms. The zero-order valence-corrected chi connectivity index (χ0v) is 9.67. The molecule has 0 aliphatic heterocycles. The van der Waals surface area contributed by atoms with Gasteiger partial charge in [0.1, 0.15) is 8.97 Å². The predicted octanol–water partition coefficient (Wildman–Crippen LogP) is 2.93. The molecule has 0 aliphatic rings. The van der Waals surface area contributed by atoms with E-state index < -0.39 is 0 Å². The third-order valence-corrected chi connectivity index (χ3v) is 0.478. The van der Waals surface area contributed by atoms with Crippen LogP contribution in [-0.4, -0.2) is 12.6 Å². The largest absolute Gasteiger partial charge is 0.245 e. The first-order valence-electron chi connectivity index (χ1n) is 2.35. The van der Waals surface area contributed by atoms with Crippen molar-refractivity contribution in [1.82, 2.24) is 9.97 Å². The van der Waals surface area contributed by atoms with E-state index >= 15 is 0 Å². The van der Waals surface area contributed by atoms with Crippen LogP contribution in [0.2, 0.25) is 0 Å². The Morgan fingerprint density at radius 3 is 1.50 bits per heavy atom. The SMILES string of the molecule is BrC(Br)Br.c1cncnc1. The van der Waals surface area contributed by atoms with E-state index in [-0.39, 0.29) is 2.65 Å². The maximum absolute atomic E-state index is 3.67. The summed E-state index contributed by atoms with van der Waals surface area (Å²) >= 11 is 9.31. The summed E-state index contributed by atoms with van der Waals surface area (Å²) in [5.41, 5.74) is 0. The minimum absolute atomic E-state index is 0.271. The van der Waals surface area contributed by atoms with Gasteiger partial charge in [0.25, 0.3) is 0 Å². The van der Waals surface area contributed by atoms with Crippen molar-refractivity contribution in [3.63, 3.8) is 0 Å². The number of nitrogens with zero attached hydrogens (tertiary/aromatic N) is 2. The van der Waals surface area contributed by atoms with Crippen LogP contribution < -0.4 is 0 Å². The molecule has 0 aliphatic carbocycles. The lowest BCUT2D eigenvalue weighted by atomic mass is 10.7. The summed E-state index contributed by atoms with van der Waals surface area (Å²) in [4.78, 5) is 7.35. The van der Waals surface area contributed by atoms with E-state index in [1.165, 1.54) is 6.33 Å². The van der Waals surface area contributed by atoms with Crippen molar-refractivity contribution in [1.29, 1.82) is 0 Å². The molecule has 1 heterocycles. The van der Waals surface area contributed by atoms with Crippen LogP contribution in [0.4, 0.5) is 0 Å². The highest BCUT2D eigenvalue weighted by molar-refractivity contribution is 9.38. The minimum atomic E-state index is 0.271. The number of rotatable bonds is 0. The molecular weight excluding hydrogens is 328 g/mol. The van der Waals surface area contributed by atoms with Crippen LogP contribution in [-0.2, 0) is 0 Å². The third-order valence-electron chi connectivity index (χ3n) is 0.478. The van der Waals surface area contributed by atoms with Crippen molar-refractivity contribution >= 4 is 47.8 Å². The first kappa shape index (κ1) is 10.5. The highest BCUT2D eigenvalue weighted by atomic mass is 80.0. The molecule has 0 N–H and O–H groups in total. The van der Waals surface area contributed by atoms with Crippen LogP contribution in [0.5, 0.6) is 0 Å². The fraction of sp³-hybridized carbons (Fsp3) is 0.200.